The Morgan fingerprint density at radius 3 is 1.54 bits per heavy atom. The van der Waals surface area contributed by atoms with Gasteiger partial charge in [0.2, 0.25) is 0 Å². The summed E-state index contributed by atoms with van der Waals surface area (Å²) in [4.78, 5) is 25.0. The van der Waals surface area contributed by atoms with Crippen LogP contribution in [0.5, 0.6) is 0 Å². The number of rotatable bonds is 0. The van der Waals surface area contributed by atoms with E-state index >= 15 is 0 Å². The molecular weight excluding hydrogens is 308 g/mol. The second-order valence-electron chi connectivity index (χ2n) is 7.85. The van der Waals surface area contributed by atoms with Gasteiger partial charge in [0.15, 0.2) is 0 Å². The third-order valence-electron chi connectivity index (χ3n) is 3.25. The minimum absolute atomic E-state index is 0.304. The van der Waals surface area contributed by atoms with E-state index < -0.39 is 23.4 Å². The molecule has 2 aliphatic rings. The van der Waals surface area contributed by atoms with Gasteiger partial charge in [-0.3, -0.25) is 0 Å². The molecule has 1 aliphatic carbocycles. The highest BCUT2D eigenvalue weighted by atomic mass is 16.6. The highest BCUT2D eigenvalue weighted by molar-refractivity contribution is 5.76. The molecule has 2 amide bonds. The van der Waals surface area contributed by atoms with Gasteiger partial charge in [-0.2, -0.15) is 0 Å². The first kappa shape index (κ1) is 18.1. The van der Waals surface area contributed by atoms with Gasteiger partial charge in [0.05, 0.1) is 13.1 Å². The molecule has 0 atom stereocenters. The van der Waals surface area contributed by atoms with Crippen molar-refractivity contribution in [1.82, 2.24) is 10.0 Å². The predicted octanol–water partition coefficient (Wildman–Crippen LogP) is 3.81. The van der Waals surface area contributed by atoms with Crippen molar-refractivity contribution >= 4 is 12.2 Å². The SMILES string of the molecule is CC(C)(C)OC(=O)N1CC(=C2C=CC=C2)CN1C(=O)OC(C)(C)C. The molecule has 0 aromatic carbocycles. The van der Waals surface area contributed by atoms with Crippen LogP contribution in [-0.2, 0) is 9.47 Å². The summed E-state index contributed by atoms with van der Waals surface area (Å²) in [6.07, 6.45) is 6.65. The highest BCUT2D eigenvalue weighted by Crippen LogP contribution is 2.26. The maximum absolute atomic E-state index is 12.5. The van der Waals surface area contributed by atoms with E-state index in [9.17, 15) is 9.59 Å². The summed E-state index contributed by atoms with van der Waals surface area (Å²) >= 11 is 0. The molecule has 132 valence electrons. The summed E-state index contributed by atoms with van der Waals surface area (Å²) in [7, 11) is 0. The molecule has 1 aliphatic heterocycles. The van der Waals surface area contributed by atoms with Crippen molar-refractivity contribution < 1.29 is 19.1 Å². The average Bonchev–Trinajstić information content (AvgIpc) is 3.04. The Balaban J connectivity index is 2.24. The molecule has 2 rings (SSSR count). The van der Waals surface area contributed by atoms with Crippen LogP contribution in [0.1, 0.15) is 41.5 Å². The first-order valence-electron chi connectivity index (χ1n) is 8.04. The van der Waals surface area contributed by atoms with Crippen molar-refractivity contribution in [2.24, 2.45) is 0 Å². The normalized spacial score (nSPS) is 17.8. The van der Waals surface area contributed by atoms with Gasteiger partial charge in [-0.05, 0) is 52.7 Å². The standard InChI is InChI=1S/C18H26N2O4/c1-17(2,3)23-15(21)19-11-14(13-9-7-8-10-13)12-20(19)16(22)24-18(4,5)6/h7-10H,11-12H2,1-6H3. The second kappa shape index (κ2) is 6.34. The Morgan fingerprint density at radius 1 is 0.833 bits per heavy atom. The van der Waals surface area contributed by atoms with E-state index in [1.54, 1.807) is 41.5 Å². The fourth-order valence-corrected chi connectivity index (χ4v) is 2.33. The lowest BCUT2D eigenvalue weighted by atomic mass is 10.1. The smallest absolute Gasteiger partial charge is 0.429 e. The summed E-state index contributed by atoms with van der Waals surface area (Å²) in [5.41, 5.74) is 0.700. The number of hydrogen-bond acceptors (Lipinski definition) is 4. The zero-order valence-corrected chi connectivity index (χ0v) is 15.3. The van der Waals surface area contributed by atoms with Gasteiger partial charge in [0.25, 0.3) is 0 Å². The Kier molecular flexibility index (Phi) is 4.78. The quantitative estimate of drug-likeness (QED) is 0.676. The maximum Gasteiger partial charge on any atom is 0.429 e. The minimum Gasteiger partial charge on any atom is -0.442 e. The third-order valence-corrected chi connectivity index (χ3v) is 3.25. The third kappa shape index (κ3) is 4.63. The number of allylic oxidation sites excluding steroid dienone is 5. The summed E-state index contributed by atoms with van der Waals surface area (Å²) in [6, 6.07) is 0. The number of hydrogen-bond donors (Lipinski definition) is 0. The lowest BCUT2D eigenvalue weighted by Gasteiger charge is -2.31. The maximum atomic E-state index is 12.5. The number of carbonyl (C=O) groups is 2. The van der Waals surface area contributed by atoms with Crippen LogP contribution in [-0.4, -0.2) is 46.5 Å². The molecule has 0 radical (unpaired) electrons. The van der Waals surface area contributed by atoms with Crippen LogP contribution in [0.15, 0.2) is 35.5 Å². The topological polar surface area (TPSA) is 59.1 Å². The van der Waals surface area contributed by atoms with E-state index in [0.717, 1.165) is 11.1 Å². The van der Waals surface area contributed by atoms with Gasteiger partial charge < -0.3 is 9.47 Å². The number of amides is 2. The van der Waals surface area contributed by atoms with E-state index in [0.29, 0.717) is 13.1 Å². The molecule has 0 aromatic heterocycles. The first-order chi connectivity index (χ1) is 11.0. The fraction of sp³-hybridized carbons (Fsp3) is 0.556. The van der Waals surface area contributed by atoms with Gasteiger partial charge >= 0.3 is 12.2 Å². The van der Waals surface area contributed by atoms with Crippen molar-refractivity contribution in [3.8, 4) is 0 Å². The minimum atomic E-state index is -0.639. The van der Waals surface area contributed by atoms with Crippen LogP contribution < -0.4 is 0 Å². The summed E-state index contributed by atoms with van der Waals surface area (Å²) in [5, 5.41) is 2.61. The van der Waals surface area contributed by atoms with E-state index in [2.05, 4.69) is 0 Å². The van der Waals surface area contributed by atoms with E-state index in [1.807, 2.05) is 24.3 Å². The zero-order chi connectivity index (χ0) is 18.1. The van der Waals surface area contributed by atoms with Gasteiger partial charge in [0, 0.05) is 0 Å². The molecule has 0 saturated carbocycles. The lowest BCUT2D eigenvalue weighted by Crippen LogP contribution is -2.48. The molecule has 1 heterocycles. The van der Waals surface area contributed by atoms with Crippen molar-refractivity contribution in [2.45, 2.75) is 52.7 Å². The molecule has 1 saturated heterocycles. The Hall–Kier alpha value is -2.24. The van der Waals surface area contributed by atoms with Crippen LogP contribution in [0.25, 0.3) is 0 Å². The van der Waals surface area contributed by atoms with Gasteiger partial charge in [0.1, 0.15) is 11.2 Å². The molecule has 6 heteroatoms. The largest absolute Gasteiger partial charge is 0.442 e. The number of hydrazine groups is 1. The number of carbonyl (C=O) groups excluding carboxylic acids is 2. The van der Waals surface area contributed by atoms with Gasteiger partial charge in [-0.15, -0.1) is 0 Å². The Bertz CT molecular complexity index is 566. The molecule has 6 nitrogen and oxygen atoms in total. The molecule has 0 aromatic rings. The lowest BCUT2D eigenvalue weighted by molar-refractivity contribution is -0.0428. The van der Waals surface area contributed by atoms with Crippen LogP contribution in [0.4, 0.5) is 9.59 Å². The first-order valence-corrected chi connectivity index (χ1v) is 8.04. The van der Waals surface area contributed by atoms with E-state index in [1.165, 1.54) is 10.0 Å². The molecule has 0 N–H and O–H groups in total. The number of ether oxygens (including phenoxy) is 2. The molecular formula is C18H26N2O4. The number of nitrogens with zero attached hydrogens (tertiary/aromatic N) is 2. The van der Waals surface area contributed by atoms with E-state index in [-0.39, 0.29) is 0 Å². The average molecular weight is 334 g/mol. The molecule has 1 fully saturated rings. The Morgan fingerprint density at radius 2 is 1.21 bits per heavy atom. The van der Waals surface area contributed by atoms with Crippen molar-refractivity contribution in [3.63, 3.8) is 0 Å². The van der Waals surface area contributed by atoms with Crippen LogP contribution in [0.3, 0.4) is 0 Å². The van der Waals surface area contributed by atoms with Crippen molar-refractivity contribution in [3.05, 3.63) is 35.5 Å². The van der Waals surface area contributed by atoms with Crippen molar-refractivity contribution in [1.29, 1.82) is 0 Å². The van der Waals surface area contributed by atoms with Crippen LogP contribution in [0.2, 0.25) is 0 Å². The summed E-state index contributed by atoms with van der Waals surface area (Å²) < 4.78 is 10.8. The van der Waals surface area contributed by atoms with Crippen molar-refractivity contribution in [2.75, 3.05) is 13.1 Å². The summed E-state index contributed by atoms with van der Waals surface area (Å²) in [5.74, 6) is 0. The monoisotopic (exact) mass is 334 g/mol. The van der Waals surface area contributed by atoms with Crippen LogP contribution in [0, 0.1) is 0 Å². The van der Waals surface area contributed by atoms with Gasteiger partial charge in [-0.1, -0.05) is 24.3 Å². The predicted molar refractivity (Wildman–Crippen MR) is 91.2 cm³/mol. The van der Waals surface area contributed by atoms with Crippen LogP contribution >= 0.6 is 0 Å². The van der Waals surface area contributed by atoms with Gasteiger partial charge in [-0.25, -0.2) is 19.6 Å². The Labute approximate surface area is 143 Å². The zero-order valence-electron chi connectivity index (χ0n) is 15.3. The highest BCUT2D eigenvalue weighted by Gasteiger charge is 2.39. The second-order valence-corrected chi connectivity index (χ2v) is 7.85. The van der Waals surface area contributed by atoms with E-state index in [4.69, 9.17) is 9.47 Å². The fourth-order valence-electron chi connectivity index (χ4n) is 2.33. The molecule has 0 spiro atoms. The summed E-state index contributed by atoms with van der Waals surface area (Å²) in [6.45, 7) is 11.4. The molecule has 0 unspecified atom stereocenters. The molecule has 24 heavy (non-hydrogen) atoms. The molecule has 0 bridgehead atoms.